The number of nitrogens with zero attached hydrogens (tertiary/aromatic N) is 5. The fraction of sp³-hybridized carbons (Fsp3) is 0.294. The van der Waals surface area contributed by atoms with Crippen molar-refractivity contribution in [2.24, 2.45) is 0 Å². The second-order valence-corrected chi connectivity index (χ2v) is 7.30. The summed E-state index contributed by atoms with van der Waals surface area (Å²) >= 11 is 3.24. The maximum absolute atomic E-state index is 9.60. The van der Waals surface area contributed by atoms with Crippen molar-refractivity contribution in [2.45, 2.75) is 32.2 Å². The standard InChI is InChI=1S/C17H15N5S2/c18-9-13(16-21-20-15-4-2-1-3-6-22(15)16)8-14-11-24-17(19-14)12-5-7-23-10-12/h5,7-8,10-11H,1-4,6H2/b13-8+. The van der Waals surface area contributed by atoms with Crippen LogP contribution in [0.3, 0.4) is 0 Å². The molecule has 1 aliphatic rings. The van der Waals surface area contributed by atoms with Gasteiger partial charge in [-0.05, 0) is 30.4 Å². The number of aryl methyl sites for hydroxylation is 1. The molecule has 3 aromatic rings. The molecule has 4 rings (SSSR count). The zero-order valence-corrected chi connectivity index (χ0v) is 14.6. The number of rotatable bonds is 3. The summed E-state index contributed by atoms with van der Waals surface area (Å²) in [6.07, 6.45) is 6.19. The average Bonchev–Trinajstić information content (AvgIpc) is 3.31. The summed E-state index contributed by atoms with van der Waals surface area (Å²) in [5, 5.41) is 25.2. The topological polar surface area (TPSA) is 67.4 Å². The fourth-order valence-corrected chi connectivity index (χ4v) is 4.34. The summed E-state index contributed by atoms with van der Waals surface area (Å²) in [7, 11) is 0. The van der Waals surface area contributed by atoms with Gasteiger partial charge in [0.25, 0.3) is 0 Å². The van der Waals surface area contributed by atoms with Crippen molar-refractivity contribution in [1.29, 1.82) is 5.26 Å². The van der Waals surface area contributed by atoms with Gasteiger partial charge in [-0.3, -0.25) is 0 Å². The number of thiazole rings is 1. The van der Waals surface area contributed by atoms with Crippen LogP contribution < -0.4 is 0 Å². The van der Waals surface area contributed by atoms with E-state index in [0.29, 0.717) is 11.4 Å². The predicted molar refractivity (Wildman–Crippen MR) is 96.5 cm³/mol. The quantitative estimate of drug-likeness (QED) is 0.660. The first-order valence-corrected chi connectivity index (χ1v) is 9.70. The van der Waals surface area contributed by atoms with Crippen molar-refractivity contribution >= 4 is 34.3 Å². The van der Waals surface area contributed by atoms with Crippen molar-refractivity contribution in [3.05, 3.63) is 39.5 Å². The Balaban J connectivity index is 1.68. The largest absolute Gasteiger partial charge is 0.310 e. The minimum Gasteiger partial charge on any atom is -0.310 e. The minimum absolute atomic E-state index is 0.526. The van der Waals surface area contributed by atoms with Crippen LogP contribution in [0.1, 0.15) is 36.6 Å². The first kappa shape index (κ1) is 15.2. The zero-order chi connectivity index (χ0) is 16.4. The Hall–Kier alpha value is -2.30. The molecule has 0 bridgehead atoms. The summed E-state index contributed by atoms with van der Waals surface area (Å²) in [6, 6.07) is 4.33. The van der Waals surface area contributed by atoms with E-state index in [-0.39, 0.29) is 0 Å². The van der Waals surface area contributed by atoms with Gasteiger partial charge in [-0.15, -0.1) is 21.5 Å². The highest BCUT2D eigenvalue weighted by Crippen LogP contribution is 2.27. The lowest BCUT2D eigenvalue weighted by molar-refractivity contribution is 0.627. The van der Waals surface area contributed by atoms with Crippen LogP contribution in [0.4, 0.5) is 0 Å². The number of allylic oxidation sites excluding steroid dienone is 1. The molecule has 4 heterocycles. The lowest BCUT2D eigenvalue weighted by atomic mass is 10.2. The predicted octanol–water partition coefficient (Wildman–Crippen LogP) is 4.25. The highest BCUT2D eigenvalue weighted by atomic mass is 32.1. The summed E-state index contributed by atoms with van der Waals surface area (Å²) in [6.45, 7) is 0.883. The molecule has 0 spiro atoms. The molecule has 24 heavy (non-hydrogen) atoms. The monoisotopic (exact) mass is 353 g/mol. The molecule has 0 aliphatic carbocycles. The van der Waals surface area contributed by atoms with Crippen molar-refractivity contribution in [3.8, 4) is 16.6 Å². The molecule has 0 atom stereocenters. The fourth-order valence-electron chi connectivity index (χ4n) is 2.85. The molecular formula is C17H15N5S2. The molecule has 0 unspecified atom stereocenters. The lowest BCUT2D eigenvalue weighted by Gasteiger charge is -2.05. The Morgan fingerprint density at radius 1 is 1.25 bits per heavy atom. The van der Waals surface area contributed by atoms with Crippen molar-refractivity contribution in [1.82, 2.24) is 19.7 Å². The molecule has 5 nitrogen and oxygen atoms in total. The molecule has 7 heteroatoms. The van der Waals surface area contributed by atoms with Crippen molar-refractivity contribution in [2.75, 3.05) is 0 Å². The smallest absolute Gasteiger partial charge is 0.174 e. The van der Waals surface area contributed by atoms with E-state index in [9.17, 15) is 5.26 Å². The summed E-state index contributed by atoms with van der Waals surface area (Å²) < 4.78 is 2.09. The molecule has 0 saturated heterocycles. The van der Waals surface area contributed by atoms with E-state index in [0.717, 1.165) is 47.9 Å². The maximum atomic E-state index is 9.60. The number of aromatic nitrogens is 4. The van der Waals surface area contributed by atoms with Gasteiger partial charge < -0.3 is 4.57 Å². The second-order valence-electron chi connectivity index (χ2n) is 5.66. The van der Waals surface area contributed by atoms with Gasteiger partial charge in [0.2, 0.25) is 0 Å². The van der Waals surface area contributed by atoms with Crippen LogP contribution in [0.15, 0.2) is 22.2 Å². The molecule has 0 fully saturated rings. The van der Waals surface area contributed by atoms with Gasteiger partial charge in [-0.1, -0.05) is 6.42 Å². The first-order valence-electron chi connectivity index (χ1n) is 7.87. The van der Waals surface area contributed by atoms with Gasteiger partial charge in [0.15, 0.2) is 5.82 Å². The van der Waals surface area contributed by atoms with Crippen molar-refractivity contribution in [3.63, 3.8) is 0 Å². The lowest BCUT2D eigenvalue weighted by Crippen LogP contribution is -2.05. The van der Waals surface area contributed by atoms with E-state index >= 15 is 0 Å². The molecule has 0 N–H and O–H groups in total. The SMILES string of the molecule is N#C/C(=C\c1csc(-c2ccsc2)n1)c1nnc2n1CCCCC2. The van der Waals surface area contributed by atoms with Crippen LogP contribution in [0.5, 0.6) is 0 Å². The number of thiophene rings is 1. The van der Waals surface area contributed by atoms with Crippen molar-refractivity contribution < 1.29 is 0 Å². The second kappa shape index (κ2) is 6.67. The molecular weight excluding hydrogens is 338 g/mol. The van der Waals surface area contributed by atoms with Gasteiger partial charge in [-0.25, -0.2) is 4.98 Å². The first-order chi connectivity index (χ1) is 11.8. The van der Waals surface area contributed by atoms with Gasteiger partial charge in [0, 0.05) is 29.3 Å². The van der Waals surface area contributed by atoms with Gasteiger partial charge in [-0.2, -0.15) is 16.6 Å². The van der Waals surface area contributed by atoms with Crippen LogP contribution in [0.25, 0.3) is 22.2 Å². The number of nitriles is 1. The zero-order valence-electron chi connectivity index (χ0n) is 13.0. The van der Waals surface area contributed by atoms with E-state index in [1.54, 1.807) is 22.7 Å². The number of fused-ring (bicyclic) bond motifs is 1. The van der Waals surface area contributed by atoms with E-state index in [1.807, 2.05) is 16.8 Å². The van der Waals surface area contributed by atoms with Crippen LogP contribution in [0.2, 0.25) is 0 Å². The van der Waals surface area contributed by atoms with Crippen LogP contribution in [-0.2, 0) is 13.0 Å². The highest BCUT2D eigenvalue weighted by molar-refractivity contribution is 7.14. The Bertz CT molecular complexity index is 911. The Kier molecular flexibility index (Phi) is 4.24. The van der Waals surface area contributed by atoms with Gasteiger partial charge in [0.05, 0.1) is 11.3 Å². The molecule has 1 aliphatic heterocycles. The Labute approximate surface area is 147 Å². The van der Waals surface area contributed by atoms with E-state index < -0.39 is 0 Å². The molecule has 0 saturated carbocycles. The third kappa shape index (κ3) is 2.90. The number of hydrogen-bond acceptors (Lipinski definition) is 6. The number of hydrogen-bond donors (Lipinski definition) is 0. The van der Waals surface area contributed by atoms with Crippen LogP contribution in [0, 0.1) is 11.3 Å². The minimum atomic E-state index is 0.526. The summed E-state index contributed by atoms with van der Waals surface area (Å²) in [4.78, 5) is 4.62. The Morgan fingerprint density at radius 2 is 2.21 bits per heavy atom. The van der Waals surface area contributed by atoms with Crippen LogP contribution in [-0.4, -0.2) is 19.7 Å². The average molecular weight is 353 g/mol. The third-order valence-electron chi connectivity index (χ3n) is 4.05. The van der Waals surface area contributed by atoms with E-state index in [1.165, 1.54) is 6.42 Å². The van der Waals surface area contributed by atoms with Gasteiger partial charge >= 0.3 is 0 Å². The molecule has 0 aromatic carbocycles. The highest BCUT2D eigenvalue weighted by Gasteiger charge is 2.18. The Morgan fingerprint density at radius 3 is 3.04 bits per heavy atom. The van der Waals surface area contributed by atoms with E-state index in [2.05, 4.69) is 37.3 Å². The molecule has 0 radical (unpaired) electrons. The molecule has 3 aromatic heterocycles. The van der Waals surface area contributed by atoms with E-state index in [4.69, 9.17) is 0 Å². The van der Waals surface area contributed by atoms with Crippen LogP contribution >= 0.6 is 22.7 Å². The molecule has 0 amide bonds. The normalized spacial score (nSPS) is 14.9. The third-order valence-corrected chi connectivity index (χ3v) is 5.65. The summed E-state index contributed by atoms with van der Waals surface area (Å²) in [5.74, 6) is 1.65. The van der Waals surface area contributed by atoms with Gasteiger partial charge in [0.1, 0.15) is 16.9 Å². The summed E-state index contributed by atoms with van der Waals surface area (Å²) in [5.41, 5.74) is 2.45. The maximum Gasteiger partial charge on any atom is 0.174 e. The molecule has 120 valence electrons.